The van der Waals surface area contributed by atoms with Crippen LogP contribution in [-0.2, 0) is 11.2 Å². The van der Waals surface area contributed by atoms with Crippen molar-refractivity contribution in [3.63, 3.8) is 0 Å². The SMILES string of the molecule is CC(C)N(CC#CCNC(=O)Cc1cccc2ccccc12)C(C)C. The van der Waals surface area contributed by atoms with Gasteiger partial charge in [-0.15, -0.1) is 0 Å². The lowest BCUT2D eigenvalue weighted by Crippen LogP contribution is -2.37. The summed E-state index contributed by atoms with van der Waals surface area (Å²) in [5.41, 5.74) is 1.05. The average molecular weight is 336 g/mol. The lowest BCUT2D eigenvalue weighted by atomic mass is 10.0. The fourth-order valence-electron chi connectivity index (χ4n) is 3.00. The van der Waals surface area contributed by atoms with E-state index < -0.39 is 0 Å². The van der Waals surface area contributed by atoms with Crippen LogP contribution in [0.25, 0.3) is 10.8 Å². The first kappa shape index (κ1) is 19.0. The first-order valence-electron chi connectivity index (χ1n) is 8.94. The highest BCUT2D eigenvalue weighted by Crippen LogP contribution is 2.18. The number of hydrogen-bond donors (Lipinski definition) is 1. The molecule has 0 aliphatic rings. The van der Waals surface area contributed by atoms with Gasteiger partial charge in [0.25, 0.3) is 0 Å². The van der Waals surface area contributed by atoms with Gasteiger partial charge in [-0.2, -0.15) is 0 Å². The van der Waals surface area contributed by atoms with E-state index in [1.165, 1.54) is 0 Å². The lowest BCUT2D eigenvalue weighted by molar-refractivity contribution is -0.120. The van der Waals surface area contributed by atoms with Crippen molar-refractivity contribution in [1.82, 2.24) is 10.2 Å². The maximum atomic E-state index is 12.2. The second kappa shape index (κ2) is 9.25. The Labute approximate surface area is 151 Å². The number of rotatable bonds is 6. The number of nitrogens with one attached hydrogen (secondary N) is 1. The molecule has 132 valence electrons. The van der Waals surface area contributed by atoms with E-state index in [0.29, 0.717) is 25.0 Å². The van der Waals surface area contributed by atoms with Crippen molar-refractivity contribution in [2.24, 2.45) is 0 Å². The van der Waals surface area contributed by atoms with Crippen molar-refractivity contribution < 1.29 is 4.79 Å². The van der Waals surface area contributed by atoms with Gasteiger partial charge in [-0.1, -0.05) is 54.3 Å². The van der Waals surface area contributed by atoms with Gasteiger partial charge in [0.1, 0.15) is 0 Å². The van der Waals surface area contributed by atoms with Crippen LogP contribution in [0.15, 0.2) is 42.5 Å². The van der Waals surface area contributed by atoms with E-state index in [1.807, 2.05) is 24.3 Å². The van der Waals surface area contributed by atoms with E-state index in [4.69, 9.17) is 0 Å². The molecular formula is C22H28N2O. The Morgan fingerprint density at radius 1 is 1.00 bits per heavy atom. The number of carbonyl (C=O) groups excluding carboxylic acids is 1. The monoisotopic (exact) mass is 336 g/mol. The van der Waals surface area contributed by atoms with Crippen LogP contribution in [0.2, 0.25) is 0 Å². The van der Waals surface area contributed by atoms with Crippen molar-refractivity contribution in [3.8, 4) is 11.8 Å². The highest BCUT2D eigenvalue weighted by atomic mass is 16.1. The zero-order valence-corrected chi connectivity index (χ0v) is 15.7. The number of carbonyl (C=O) groups is 1. The van der Waals surface area contributed by atoms with Crippen LogP contribution in [0.1, 0.15) is 33.3 Å². The zero-order chi connectivity index (χ0) is 18.2. The van der Waals surface area contributed by atoms with E-state index >= 15 is 0 Å². The number of hydrogen-bond acceptors (Lipinski definition) is 2. The second-order valence-corrected chi connectivity index (χ2v) is 6.81. The Morgan fingerprint density at radius 3 is 2.40 bits per heavy atom. The largest absolute Gasteiger partial charge is 0.345 e. The van der Waals surface area contributed by atoms with Gasteiger partial charge in [0.05, 0.1) is 19.5 Å². The smallest absolute Gasteiger partial charge is 0.225 e. The van der Waals surface area contributed by atoms with Gasteiger partial charge in [0.15, 0.2) is 0 Å². The van der Waals surface area contributed by atoms with Crippen LogP contribution in [0, 0.1) is 11.8 Å². The fraction of sp³-hybridized carbons (Fsp3) is 0.409. The summed E-state index contributed by atoms with van der Waals surface area (Å²) in [7, 11) is 0. The van der Waals surface area contributed by atoms with Crippen molar-refractivity contribution in [3.05, 3.63) is 48.0 Å². The highest BCUT2D eigenvalue weighted by Gasteiger charge is 2.11. The molecule has 0 saturated heterocycles. The van der Waals surface area contributed by atoms with Crippen molar-refractivity contribution in [1.29, 1.82) is 0 Å². The van der Waals surface area contributed by atoms with Crippen LogP contribution in [-0.4, -0.2) is 36.0 Å². The molecule has 0 spiro atoms. The van der Waals surface area contributed by atoms with Crippen molar-refractivity contribution in [2.75, 3.05) is 13.1 Å². The van der Waals surface area contributed by atoms with Gasteiger partial charge in [-0.25, -0.2) is 0 Å². The van der Waals surface area contributed by atoms with Gasteiger partial charge >= 0.3 is 0 Å². The number of benzene rings is 2. The standard InChI is InChI=1S/C22H28N2O/c1-17(2)24(18(3)4)15-8-7-14-23-22(25)16-20-12-9-11-19-10-5-6-13-21(19)20/h5-6,9-13,17-18H,14-16H2,1-4H3,(H,23,25). The molecule has 0 aliphatic carbocycles. The third-order valence-corrected chi connectivity index (χ3v) is 4.32. The summed E-state index contributed by atoms with van der Waals surface area (Å²) < 4.78 is 0. The van der Waals surface area contributed by atoms with Gasteiger partial charge < -0.3 is 5.32 Å². The molecule has 25 heavy (non-hydrogen) atoms. The Balaban J connectivity index is 1.86. The molecule has 0 bridgehead atoms. The van der Waals surface area contributed by atoms with Gasteiger partial charge in [0, 0.05) is 12.1 Å². The van der Waals surface area contributed by atoms with E-state index in [1.54, 1.807) is 0 Å². The van der Waals surface area contributed by atoms with Gasteiger partial charge in [-0.05, 0) is 44.0 Å². The van der Waals surface area contributed by atoms with Gasteiger partial charge in [0.2, 0.25) is 5.91 Å². The number of amides is 1. The lowest BCUT2D eigenvalue weighted by Gasteiger charge is -2.28. The molecule has 2 rings (SSSR count). The topological polar surface area (TPSA) is 32.3 Å². The van der Waals surface area contributed by atoms with E-state index in [9.17, 15) is 4.79 Å². The Bertz CT molecular complexity index is 755. The van der Waals surface area contributed by atoms with E-state index in [2.05, 4.69) is 68.0 Å². The Hall–Kier alpha value is -2.31. The molecule has 0 fully saturated rings. The molecule has 0 saturated carbocycles. The minimum atomic E-state index is 0.00947. The van der Waals surface area contributed by atoms with Crippen LogP contribution in [0.3, 0.4) is 0 Å². The van der Waals surface area contributed by atoms with Crippen LogP contribution in [0.5, 0.6) is 0 Å². The predicted molar refractivity (Wildman–Crippen MR) is 105 cm³/mol. The van der Waals surface area contributed by atoms with Crippen LogP contribution < -0.4 is 5.32 Å². The molecule has 2 aromatic carbocycles. The molecule has 1 amide bonds. The molecule has 3 heteroatoms. The molecule has 0 radical (unpaired) electrons. The second-order valence-electron chi connectivity index (χ2n) is 6.81. The summed E-state index contributed by atoms with van der Waals surface area (Å²) >= 11 is 0. The molecule has 0 unspecified atom stereocenters. The van der Waals surface area contributed by atoms with Crippen LogP contribution >= 0.6 is 0 Å². The molecular weight excluding hydrogens is 308 g/mol. The van der Waals surface area contributed by atoms with E-state index in [0.717, 1.165) is 22.9 Å². The quantitative estimate of drug-likeness (QED) is 0.817. The molecule has 1 N–H and O–H groups in total. The summed E-state index contributed by atoms with van der Waals surface area (Å²) in [4.78, 5) is 14.5. The third kappa shape index (κ3) is 5.62. The minimum absolute atomic E-state index is 0.00947. The fourth-order valence-corrected chi connectivity index (χ4v) is 3.00. The first-order chi connectivity index (χ1) is 12.0. The molecule has 0 heterocycles. The maximum absolute atomic E-state index is 12.2. The number of fused-ring (bicyclic) bond motifs is 1. The first-order valence-corrected chi connectivity index (χ1v) is 8.94. The minimum Gasteiger partial charge on any atom is -0.345 e. The molecule has 2 aromatic rings. The number of nitrogens with zero attached hydrogens (tertiary/aromatic N) is 1. The molecule has 0 aromatic heterocycles. The zero-order valence-electron chi connectivity index (χ0n) is 15.7. The average Bonchev–Trinajstić information content (AvgIpc) is 2.57. The Morgan fingerprint density at radius 2 is 1.68 bits per heavy atom. The van der Waals surface area contributed by atoms with Gasteiger partial charge in [-0.3, -0.25) is 9.69 Å². The normalized spacial score (nSPS) is 11.0. The van der Waals surface area contributed by atoms with E-state index in [-0.39, 0.29) is 5.91 Å². The summed E-state index contributed by atoms with van der Waals surface area (Å²) in [6, 6.07) is 15.2. The third-order valence-electron chi connectivity index (χ3n) is 4.32. The maximum Gasteiger partial charge on any atom is 0.225 e. The van der Waals surface area contributed by atoms with Crippen LogP contribution in [0.4, 0.5) is 0 Å². The Kier molecular flexibility index (Phi) is 7.03. The summed E-state index contributed by atoms with van der Waals surface area (Å²) in [6.45, 7) is 9.82. The summed E-state index contributed by atoms with van der Waals surface area (Å²) in [5.74, 6) is 6.22. The molecule has 3 nitrogen and oxygen atoms in total. The molecule has 0 atom stereocenters. The highest BCUT2D eigenvalue weighted by molar-refractivity contribution is 5.90. The summed E-state index contributed by atoms with van der Waals surface area (Å²) in [6.07, 6.45) is 0.382. The van der Waals surface area contributed by atoms with Crippen molar-refractivity contribution in [2.45, 2.75) is 46.2 Å². The molecule has 0 aliphatic heterocycles. The predicted octanol–water partition coefficient (Wildman–Crippen LogP) is 3.62. The summed E-state index contributed by atoms with van der Waals surface area (Å²) in [5, 5.41) is 5.19. The van der Waals surface area contributed by atoms with Crippen molar-refractivity contribution >= 4 is 16.7 Å².